The Morgan fingerprint density at radius 3 is 2.56 bits per heavy atom. The molecule has 2 saturated heterocycles. The summed E-state index contributed by atoms with van der Waals surface area (Å²) in [5.41, 5.74) is 2.45. The first kappa shape index (κ1) is 21.2. The Kier molecular flexibility index (Phi) is 8.06. The van der Waals surface area contributed by atoms with Gasteiger partial charge in [-0.15, -0.1) is 11.8 Å². The van der Waals surface area contributed by atoms with Gasteiger partial charge in [-0.05, 0) is 68.8 Å². The van der Waals surface area contributed by atoms with E-state index in [9.17, 15) is 4.79 Å². The van der Waals surface area contributed by atoms with E-state index >= 15 is 0 Å². The van der Waals surface area contributed by atoms with E-state index in [-0.39, 0.29) is 5.91 Å². The number of piperidine rings is 1. The Hall–Kier alpha value is -0.560. The van der Waals surface area contributed by atoms with Crippen LogP contribution in [0.2, 0.25) is 0 Å². The number of hydrogen-bond donors (Lipinski definition) is 0. The lowest BCUT2D eigenvalue weighted by molar-refractivity contribution is -0.129. The molecule has 4 nitrogen and oxygen atoms in total. The molecule has 0 atom stereocenters. The first-order valence-electron chi connectivity index (χ1n) is 10.0. The van der Waals surface area contributed by atoms with Gasteiger partial charge in [-0.25, -0.2) is 0 Å². The van der Waals surface area contributed by atoms with Crippen molar-refractivity contribution in [1.82, 2.24) is 9.80 Å². The molecular formula is C21H31BrN2O2S. The number of nitrogens with zero attached hydrogens (tertiary/aromatic N) is 2. The number of likely N-dealkylation sites (tertiary alicyclic amines) is 1. The zero-order chi connectivity index (χ0) is 19.2. The van der Waals surface area contributed by atoms with Crippen molar-refractivity contribution in [2.75, 3.05) is 51.7 Å². The van der Waals surface area contributed by atoms with Crippen LogP contribution in [0.3, 0.4) is 0 Å². The largest absolute Gasteiger partial charge is 0.379 e. The summed E-state index contributed by atoms with van der Waals surface area (Å²) in [7, 11) is 0. The number of carbonyl (C=O) groups excluding carboxylic acids is 1. The number of rotatable bonds is 6. The molecule has 0 N–H and O–H groups in total. The first-order valence-corrected chi connectivity index (χ1v) is 11.8. The fourth-order valence-corrected chi connectivity index (χ4v) is 5.27. The van der Waals surface area contributed by atoms with Crippen LogP contribution in [0.4, 0.5) is 0 Å². The molecule has 0 saturated carbocycles. The molecule has 2 aliphatic heterocycles. The zero-order valence-corrected chi connectivity index (χ0v) is 18.9. The molecule has 150 valence electrons. The Labute approximate surface area is 176 Å². The van der Waals surface area contributed by atoms with Crippen molar-refractivity contribution in [3.8, 4) is 0 Å². The van der Waals surface area contributed by atoms with Crippen molar-refractivity contribution in [2.24, 2.45) is 5.92 Å². The summed E-state index contributed by atoms with van der Waals surface area (Å²) in [6, 6.07) is 4.32. The monoisotopic (exact) mass is 454 g/mol. The number of thioether (sulfide) groups is 1. The third-order valence-electron chi connectivity index (χ3n) is 5.73. The summed E-state index contributed by atoms with van der Waals surface area (Å²) in [5.74, 6) is 1.59. The van der Waals surface area contributed by atoms with E-state index < -0.39 is 0 Å². The van der Waals surface area contributed by atoms with Crippen molar-refractivity contribution in [3.05, 3.63) is 27.7 Å². The van der Waals surface area contributed by atoms with Crippen LogP contribution in [0.5, 0.6) is 0 Å². The average Bonchev–Trinajstić information content (AvgIpc) is 2.69. The van der Waals surface area contributed by atoms with Gasteiger partial charge in [-0.3, -0.25) is 9.69 Å². The first-order chi connectivity index (χ1) is 13.0. The van der Waals surface area contributed by atoms with Crippen LogP contribution in [0.1, 0.15) is 30.4 Å². The van der Waals surface area contributed by atoms with Crippen molar-refractivity contribution in [3.63, 3.8) is 0 Å². The summed E-state index contributed by atoms with van der Waals surface area (Å²) in [6.07, 6.45) is 3.56. The maximum atomic E-state index is 12.6. The highest BCUT2D eigenvalue weighted by molar-refractivity contribution is 9.10. The fourth-order valence-electron chi connectivity index (χ4n) is 3.80. The molecule has 0 radical (unpaired) electrons. The van der Waals surface area contributed by atoms with Gasteiger partial charge in [-0.1, -0.05) is 15.9 Å². The summed E-state index contributed by atoms with van der Waals surface area (Å²) >= 11 is 5.24. The van der Waals surface area contributed by atoms with Gasteiger partial charge in [0, 0.05) is 35.5 Å². The van der Waals surface area contributed by atoms with E-state index in [4.69, 9.17) is 4.74 Å². The molecule has 2 heterocycles. The molecule has 1 amide bonds. The van der Waals surface area contributed by atoms with Gasteiger partial charge in [-0.2, -0.15) is 0 Å². The molecule has 0 bridgehead atoms. The minimum atomic E-state index is 0.284. The van der Waals surface area contributed by atoms with Crippen LogP contribution >= 0.6 is 27.7 Å². The molecule has 0 spiro atoms. The molecule has 0 unspecified atom stereocenters. The molecule has 6 heteroatoms. The van der Waals surface area contributed by atoms with Crippen LogP contribution in [0.25, 0.3) is 0 Å². The fraction of sp³-hybridized carbons (Fsp3) is 0.667. The van der Waals surface area contributed by atoms with E-state index in [0.717, 1.165) is 62.6 Å². The van der Waals surface area contributed by atoms with Crippen LogP contribution in [0, 0.1) is 19.8 Å². The maximum absolute atomic E-state index is 12.6. The van der Waals surface area contributed by atoms with Crippen LogP contribution in [-0.2, 0) is 9.53 Å². The van der Waals surface area contributed by atoms with E-state index in [1.165, 1.54) is 29.0 Å². The zero-order valence-electron chi connectivity index (χ0n) is 16.5. The van der Waals surface area contributed by atoms with Crippen LogP contribution in [-0.4, -0.2) is 67.4 Å². The predicted molar refractivity (Wildman–Crippen MR) is 116 cm³/mol. The molecule has 2 aliphatic rings. The Balaban J connectivity index is 1.39. The number of morpholine rings is 1. The van der Waals surface area contributed by atoms with Gasteiger partial charge in [0.1, 0.15) is 0 Å². The smallest absolute Gasteiger partial charge is 0.232 e. The lowest BCUT2D eigenvalue weighted by Crippen LogP contribution is -2.41. The van der Waals surface area contributed by atoms with E-state index in [1.807, 2.05) is 0 Å². The van der Waals surface area contributed by atoms with Gasteiger partial charge in [0.25, 0.3) is 0 Å². The van der Waals surface area contributed by atoms with Gasteiger partial charge in [0.2, 0.25) is 5.91 Å². The molecule has 1 aromatic carbocycles. The van der Waals surface area contributed by atoms with Crippen molar-refractivity contribution < 1.29 is 9.53 Å². The van der Waals surface area contributed by atoms with Crippen LogP contribution in [0.15, 0.2) is 21.5 Å². The van der Waals surface area contributed by atoms with Crippen LogP contribution < -0.4 is 0 Å². The van der Waals surface area contributed by atoms with E-state index in [2.05, 4.69) is 51.7 Å². The molecular weight excluding hydrogens is 424 g/mol. The molecule has 3 rings (SSSR count). The molecule has 2 fully saturated rings. The minimum Gasteiger partial charge on any atom is -0.379 e. The number of carbonyl (C=O) groups is 1. The Morgan fingerprint density at radius 1 is 1.15 bits per heavy atom. The van der Waals surface area contributed by atoms with Gasteiger partial charge >= 0.3 is 0 Å². The van der Waals surface area contributed by atoms with E-state index in [0.29, 0.717) is 5.75 Å². The molecule has 0 aromatic heterocycles. The number of ether oxygens (including phenoxy) is 1. The third kappa shape index (κ3) is 6.21. The highest BCUT2D eigenvalue weighted by atomic mass is 79.9. The average molecular weight is 455 g/mol. The second-order valence-corrected chi connectivity index (χ2v) is 9.59. The number of halogens is 1. The molecule has 0 aliphatic carbocycles. The normalized spacial score (nSPS) is 19.4. The number of aryl methyl sites for hydroxylation is 2. The summed E-state index contributed by atoms with van der Waals surface area (Å²) < 4.78 is 6.55. The summed E-state index contributed by atoms with van der Waals surface area (Å²) in [6.45, 7) is 11.1. The third-order valence-corrected chi connectivity index (χ3v) is 7.73. The lowest BCUT2D eigenvalue weighted by atomic mass is 9.93. The quantitative estimate of drug-likeness (QED) is 0.605. The number of hydrogen-bond acceptors (Lipinski definition) is 4. The standard InChI is InChI=1S/C21H31BrN2O2S/c1-16-14-20(17(2)13-19(16)22)27-15-21(25)24-7-4-18(5-8-24)3-6-23-9-11-26-12-10-23/h13-14,18H,3-12,15H2,1-2H3. The lowest BCUT2D eigenvalue weighted by Gasteiger charge is -2.34. The summed E-state index contributed by atoms with van der Waals surface area (Å²) in [5, 5.41) is 0. The highest BCUT2D eigenvalue weighted by Crippen LogP contribution is 2.29. The van der Waals surface area contributed by atoms with Crippen molar-refractivity contribution >= 4 is 33.6 Å². The Bertz CT molecular complexity index is 641. The summed E-state index contributed by atoms with van der Waals surface area (Å²) in [4.78, 5) is 18.4. The SMILES string of the molecule is Cc1cc(SCC(=O)N2CCC(CCN3CCOCC3)CC2)c(C)cc1Br. The topological polar surface area (TPSA) is 32.8 Å². The second-order valence-electron chi connectivity index (χ2n) is 7.72. The minimum absolute atomic E-state index is 0.284. The Morgan fingerprint density at radius 2 is 1.85 bits per heavy atom. The maximum Gasteiger partial charge on any atom is 0.232 e. The molecule has 1 aromatic rings. The second kappa shape index (κ2) is 10.3. The van der Waals surface area contributed by atoms with Gasteiger partial charge in [0.05, 0.1) is 19.0 Å². The number of benzene rings is 1. The van der Waals surface area contributed by atoms with Crippen molar-refractivity contribution in [1.29, 1.82) is 0 Å². The van der Waals surface area contributed by atoms with Gasteiger partial charge in [0.15, 0.2) is 0 Å². The number of amides is 1. The van der Waals surface area contributed by atoms with Gasteiger partial charge < -0.3 is 9.64 Å². The molecule has 27 heavy (non-hydrogen) atoms. The van der Waals surface area contributed by atoms with E-state index in [1.54, 1.807) is 11.8 Å². The van der Waals surface area contributed by atoms with Crippen molar-refractivity contribution in [2.45, 2.75) is 38.0 Å². The highest BCUT2D eigenvalue weighted by Gasteiger charge is 2.23. The predicted octanol–water partition coefficient (Wildman–Crippen LogP) is 4.12.